The van der Waals surface area contributed by atoms with Crippen molar-refractivity contribution in [2.24, 2.45) is 5.73 Å². The van der Waals surface area contributed by atoms with E-state index >= 15 is 0 Å². The summed E-state index contributed by atoms with van der Waals surface area (Å²) in [4.78, 5) is 8.16. The average Bonchev–Trinajstić information content (AvgIpc) is 2.64. The number of H-pyrrole nitrogens is 1. The standard InChI is InChI=1S/C12H21N3/c1-4-12(2,3)11-14-9-7-5-6-8(13)10(9)15-11/h8H,4-7,13H2,1-3H3,(H,14,15). The Labute approximate surface area is 91.5 Å². The lowest BCUT2D eigenvalue weighted by molar-refractivity contribution is 0.475. The van der Waals surface area contributed by atoms with Crippen molar-refractivity contribution in [3.05, 3.63) is 17.2 Å². The number of aromatic nitrogens is 2. The van der Waals surface area contributed by atoms with Crippen LogP contribution in [0.15, 0.2) is 0 Å². The molecule has 0 aromatic carbocycles. The van der Waals surface area contributed by atoms with E-state index in [1.165, 1.54) is 12.1 Å². The Morgan fingerprint density at radius 2 is 2.27 bits per heavy atom. The van der Waals surface area contributed by atoms with Crippen LogP contribution in [0.3, 0.4) is 0 Å². The van der Waals surface area contributed by atoms with Crippen molar-refractivity contribution in [2.75, 3.05) is 0 Å². The summed E-state index contributed by atoms with van der Waals surface area (Å²) in [5, 5.41) is 0. The molecular formula is C12H21N3. The highest BCUT2D eigenvalue weighted by molar-refractivity contribution is 5.23. The molecule has 3 N–H and O–H groups in total. The molecule has 2 rings (SSSR count). The van der Waals surface area contributed by atoms with Crippen molar-refractivity contribution in [3.63, 3.8) is 0 Å². The van der Waals surface area contributed by atoms with E-state index in [0.717, 1.165) is 30.8 Å². The topological polar surface area (TPSA) is 54.7 Å². The van der Waals surface area contributed by atoms with Gasteiger partial charge in [0.05, 0.1) is 5.69 Å². The van der Waals surface area contributed by atoms with Gasteiger partial charge in [-0.3, -0.25) is 0 Å². The monoisotopic (exact) mass is 207 g/mol. The first-order valence-electron chi connectivity index (χ1n) is 5.89. The minimum Gasteiger partial charge on any atom is -0.345 e. The van der Waals surface area contributed by atoms with Gasteiger partial charge >= 0.3 is 0 Å². The molecule has 0 bridgehead atoms. The smallest absolute Gasteiger partial charge is 0.112 e. The van der Waals surface area contributed by atoms with Gasteiger partial charge in [-0.2, -0.15) is 0 Å². The maximum atomic E-state index is 6.06. The van der Waals surface area contributed by atoms with Gasteiger partial charge in [-0.25, -0.2) is 4.98 Å². The van der Waals surface area contributed by atoms with Gasteiger partial charge in [0.25, 0.3) is 0 Å². The van der Waals surface area contributed by atoms with Crippen molar-refractivity contribution >= 4 is 0 Å². The highest BCUT2D eigenvalue weighted by Gasteiger charge is 2.27. The highest BCUT2D eigenvalue weighted by Crippen LogP contribution is 2.31. The lowest BCUT2D eigenvalue weighted by Crippen LogP contribution is -2.18. The molecule has 3 heteroatoms. The van der Waals surface area contributed by atoms with E-state index in [0.29, 0.717) is 0 Å². The maximum Gasteiger partial charge on any atom is 0.112 e. The summed E-state index contributed by atoms with van der Waals surface area (Å²) in [6, 6.07) is 0.145. The number of aryl methyl sites for hydroxylation is 1. The number of rotatable bonds is 2. The van der Waals surface area contributed by atoms with Gasteiger partial charge in [-0.05, 0) is 25.7 Å². The molecule has 1 atom stereocenters. The van der Waals surface area contributed by atoms with Gasteiger partial charge in [-0.15, -0.1) is 0 Å². The Bertz CT molecular complexity index is 352. The van der Waals surface area contributed by atoms with Crippen LogP contribution in [0.4, 0.5) is 0 Å². The van der Waals surface area contributed by atoms with E-state index in [4.69, 9.17) is 10.7 Å². The number of fused-ring (bicyclic) bond motifs is 1. The SMILES string of the molecule is CCC(C)(C)c1nc2c([nH]1)CCCC2N. The van der Waals surface area contributed by atoms with Crippen molar-refractivity contribution in [2.45, 2.75) is 57.9 Å². The zero-order valence-corrected chi connectivity index (χ0v) is 9.93. The molecule has 0 radical (unpaired) electrons. The largest absolute Gasteiger partial charge is 0.345 e. The molecule has 0 spiro atoms. The maximum absolute atomic E-state index is 6.06. The van der Waals surface area contributed by atoms with Crippen LogP contribution in [-0.2, 0) is 11.8 Å². The highest BCUT2D eigenvalue weighted by atomic mass is 15.0. The Balaban J connectivity index is 2.37. The second-order valence-corrected chi connectivity index (χ2v) is 5.19. The first-order valence-corrected chi connectivity index (χ1v) is 5.89. The van der Waals surface area contributed by atoms with Crippen LogP contribution in [0.5, 0.6) is 0 Å². The summed E-state index contributed by atoms with van der Waals surface area (Å²) in [6.07, 6.45) is 4.46. The zero-order chi connectivity index (χ0) is 11.1. The number of hydrogen-bond acceptors (Lipinski definition) is 2. The Kier molecular flexibility index (Phi) is 2.59. The number of aromatic amines is 1. The van der Waals surface area contributed by atoms with Gasteiger partial charge < -0.3 is 10.7 Å². The number of imidazole rings is 1. The third kappa shape index (κ3) is 1.81. The average molecular weight is 207 g/mol. The Morgan fingerprint density at radius 1 is 1.53 bits per heavy atom. The van der Waals surface area contributed by atoms with Crippen LogP contribution >= 0.6 is 0 Å². The van der Waals surface area contributed by atoms with Gasteiger partial charge in [0.1, 0.15) is 5.82 Å². The Hall–Kier alpha value is -0.830. The molecule has 1 aromatic heterocycles. The van der Waals surface area contributed by atoms with Crippen LogP contribution in [0.25, 0.3) is 0 Å². The molecule has 15 heavy (non-hydrogen) atoms. The molecule has 1 aromatic rings. The fourth-order valence-corrected chi connectivity index (χ4v) is 2.04. The summed E-state index contributed by atoms with van der Waals surface area (Å²) in [5.41, 5.74) is 8.58. The summed E-state index contributed by atoms with van der Waals surface area (Å²) < 4.78 is 0. The molecule has 1 heterocycles. The lowest BCUT2D eigenvalue weighted by atomic mass is 9.89. The number of hydrogen-bond donors (Lipinski definition) is 2. The molecule has 0 aliphatic heterocycles. The minimum absolute atomic E-state index is 0.136. The number of nitrogens with two attached hydrogens (primary N) is 1. The predicted molar refractivity (Wildman–Crippen MR) is 61.8 cm³/mol. The van der Waals surface area contributed by atoms with Crippen molar-refractivity contribution in [3.8, 4) is 0 Å². The third-order valence-corrected chi connectivity index (χ3v) is 3.63. The molecule has 0 amide bonds. The lowest BCUT2D eigenvalue weighted by Gasteiger charge is -2.19. The summed E-state index contributed by atoms with van der Waals surface area (Å²) >= 11 is 0. The second-order valence-electron chi connectivity index (χ2n) is 5.19. The Morgan fingerprint density at radius 3 is 2.87 bits per heavy atom. The van der Waals surface area contributed by atoms with Crippen LogP contribution in [0.2, 0.25) is 0 Å². The van der Waals surface area contributed by atoms with E-state index in [9.17, 15) is 0 Å². The van der Waals surface area contributed by atoms with Gasteiger partial charge in [0, 0.05) is 17.2 Å². The van der Waals surface area contributed by atoms with Crippen molar-refractivity contribution in [1.29, 1.82) is 0 Å². The van der Waals surface area contributed by atoms with Gasteiger partial charge in [0.2, 0.25) is 0 Å². The molecular weight excluding hydrogens is 186 g/mol. The van der Waals surface area contributed by atoms with Crippen LogP contribution in [0, 0.1) is 0 Å². The summed E-state index contributed by atoms with van der Waals surface area (Å²) in [5.74, 6) is 1.10. The first-order chi connectivity index (χ1) is 7.04. The summed E-state index contributed by atoms with van der Waals surface area (Å²) in [7, 11) is 0. The fourth-order valence-electron chi connectivity index (χ4n) is 2.04. The van der Waals surface area contributed by atoms with Gasteiger partial charge in [0.15, 0.2) is 0 Å². The predicted octanol–water partition coefficient (Wildman–Crippen LogP) is 2.43. The summed E-state index contributed by atoms with van der Waals surface area (Å²) in [6.45, 7) is 6.65. The molecule has 1 unspecified atom stereocenters. The first kappa shape index (κ1) is 10.7. The second kappa shape index (κ2) is 3.63. The molecule has 0 saturated carbocycles. The minimum atomic E-state index is 0.136. The van der Waals surface area contributed by atoms with Crippen molar-refractivity contribution in [1.82, 2.24) is 9.97 Å². The van der Waals surface area contributed by atoms with E-state index in [1.54, 1.807) is 0 Å². The van der Waals surface area contributed by atoms with Gasteiger partial charge in [-0.1, -0.05) is 20.8 Å². The molecule has 84 valence electrons. The van der Waals surface area contributed by atoms with Crippen LogP contribution < -0.4 is 5.73 Å². The third-order valence-electron chi connectivity index (χ3n) is 3.63. The molecule has 0 fully saturated rings. The molecule has 1 aliphatic rings. The van der Waals surface area contributed by atoms with Crippen molar-refractivity contribution < 1.29 is 0 Å². The molecule has 3 nitrogen and oxygen atoms in total. The van der Waals surface area contributed by atoms with E-state index in [-0.39, 0.29) is 11.5 Å². The molecule has 1 aliphatic carbocycles. The van der Waals surface area contributed by atoms with E-state index in [2.05, 4.69) is 25.8 Å². The number of nitrogens with zero attached hydrogens (tertiary/aromatic N) is 1. The quantitative estimate of drug-likeness (QED) is 0.782. The zero-order valence-electron chi connectivity index (χ0n) is 9.93. The molecule has 0 saturated heterocycles. The van der Waals surface area contributed by atoms with Crippen LogP contribution in [0.1, 0.15) is 63.3 Å². The van der Waals surface area contributed by atoms with E-state index < -0.39 is 0 Å². The normalized spacial score (nSPS) is 21.5. The fraction of sp³-hybridized carbons (Fsp3) is 0.750. The van der Waals surface area contributed by atoms with E-state index in [1.807, 2.05) is 0 Å². The number of nitrogens with one attached hydrogen (secondary N) is 1. The van der Waals surface area contributed by atoms with Crippen LogP contribution in [-0.4, -0.2) is 9.97 Å².